The minimum absolute atomic E-state index is 0.185. The Labute approximate surface area is 207 Å². The Kier molecular flexibility index (Phi) is 6.57. The molecule has 0 saturated carbocycles. The zero-order chi connectivity index (χ0) is 25.1. The molecule has 10 heteroatoms. The number of furan rings is 1. The van der Waals surface area contributed by atoms with Gasteiger partial charge in [0.05, 0.1) is 25.2 Å². The molecule has 36 heavy (non-hydrogen) atoms. The number of hydrogen-bond donors (Lipinski definition) is 2. The van der Waals surface area contributed by atoms with Gasteiger partial charge in [-0.25, -0.2) is 4.98 Å². The first kappa shape index (κ1) is 23.4. The second-order valence-electron chi connectivity index (χ2n) is 8.31. The summed E-state index contributed by atoms with van der Waals surface area (Å²) in [5.74, 6) is 1.75. The SMILES string of the molecule is CCOc1ccc(C(=O)Nc2cc(-c3ccco3)nn2-c2nc3c(c(=O)[nH]2)CCCC3)cc1OCC. The van der Waals surface area contributed by atoms with Gasteiger partial charge < -0.3 is 19.2 Å². The molecule has 1 aliphatic carbocycles. The molecule has 1 amide bonds. The van der Waals surface area contributed by atoms with Crippen LogP contribution in [-0.2, 0) is 12.8 Å². The van der Waals surface area contributed by atoms with Crippen LogP contribution in [0.4, 0.5) is 5.82 Å². The number of carbonyl (C=O) groups excluding carboxylic acids is 1. The van der Waals surface area contributed by atoms with Gasteiger partial charge in [-0.2, -0.15) is 9.78 Å². The molecule has 0 atom stereocenters. The van der Waals surface area contributed by atoms with Crippen molar-refractivity contribution in [2.24, 2.45) is 0 Å². The van der Waals surface area contributed by atoms with Crippen LogP contribution in [0.5, 0.6) is 11.5 Å². The Morgan fingerprint density at radius 2 is 1.92 bits per heavy atom. The van der Waals surface area contributed by atoms with E-state index in [9.17, 15) is 9.59 Å². The average Bonchev–Trinajstić information content (AvgIpc) is 3.56. The number of anilines is 1. The van der Waals surface area contributed by atoms with Gasteiger partial charge >= 0.3 is 0 Å². The van der Waals surface area contributed by atoms with E-state index in [1.54, 1.807) is 42.7 Å². The summed E-state index contributed by atoms with van der Waals surface area (Å²) < 4.78 is 18.2. The van der Waals surface area contributed by atoms with Crippen molar-refractivity contribution in [2.75, 3.05) is 18.5 Å². The molecule has 1 aliphatic rings. The minimum Gasteiger partial charge on any atom is -0.490 e. The summed E-state index contributed by atoms with van der Waals surface area (Å²) in [5, 5.41) is 7.47. The Morgan fingerprint density at radius 3 is 2.69 bits per heavy atom. The summed E-state index contributed by atoms with van der Waals surface area (Å²) in [6.45, 7) is 4.66. The van der Waals surface area contributed by atoms with Gasteiger partial charge in [0.2, 0.25) is 5.95 Å². The monoisotopic (exact) mass is 489 g/mol. The van der Waals surface area contributed by atoms with Gasteiger partial charge in [0.1, 0.15) is 11.5 Å². The topological polar surface area (TPSA) is 124 Å². The van der Waals surface area contributed by atoms with E-state index >= 15 is 0 Å². The summed E-state index contributed by atoms with van der Waals surface area (Å²) in [6, 6.07) is 10.2. The summed E-state index contributed by atoms with van der Waals surface area (Å²) in [4.78, 5) is 33.5. The Morgan fingerprint density at radius 1 is 1.11 bits per heavy atom. The summed E-state index contributed by atoms with van der Waals surface area (Å²) in [7, 11) is 0. The van der Waals surface area contributed by atoms with Gasteiger partial charge in [0, 0.05) is 17.2 Å². The van der Waals surface area contributed by atoms with Crippen LogP contribution in [-0.4, -0.2) is 38.9 Å². The highest BCUT2D eigenvalue weighted by atomic mass is 16.5. The van der Waals surface area contributed by atoms with E-state index in [1.807, 2.05) is 13.8 Å². The average molecular weight is 490 g/mol. The Balaban J connectivity index is 1.53. The second-order valence-corrected chi connectivity index (χ2v) is 8.31. The fraction of sp³-hybridized carbons (Fsp3) is 0.308. The van der Waals surface area contributed by atoms with E-state index in [1.165, 1.54) is 4.68 Å². The number of hydrogen-bond acceptors (Lipinski definition) is 7. The van der Waals surface area contributed by atoms with Crippen LogP contribution in [0.1, 0.15) is 48.3 Å². The maximum Gasteiger partial charge on any atom is 0.256 e. The molecule has 0 bridgehead atoms. The van der Waals surface area contributed by atoms with Crippen LogP contribution in [0, 0.1) is 0 Å². The smallest absolute Gasteiger partial charge is 0.256 e. The van der Waals surface area contributed by atoms with Crippen LogP contribution >= 0.6 is 0 Å². The number of fused-ring (bicyclic) bond motifs is 1. The quantitative estimate of drug-likeness (QED) is 0.381. The van der Waals surface area contributed by atoms with Crippen LogP contribution in [0.15, 0.2) is 51.9 Å². The zero-order valence-electron chi connectivity index (χ0n) is 20.2. The van der Waals surface area contributed by atoms with E-state index in [4.69, 9.17) is 13.9 Å². The molecule has 5 rings (SSSR count). The lowest BCUT2D eigenvalue weighted by molar-refractivity contribution is 0.102. The number of amides is 1. The number of nitrogens with one attached hydrogen (secondary N) is 2. The molecule has 10 nitrogen and oxygen atoms in total. The summed E-state index contributed by atoms with van der Waals surface area (Å²) >= 11 is 0. The van der Waals surface area contributed by atoms with Gasteiger partial charge in [0.25, 0.3) is 11.5 Å². The third kappa shape index (κ3) is 4.61. The van der Waals surface area contributed by atoms with Crippen molar-refractivity contribution >= 4 is 11.7 Å². The maximum absolute atomic E-state index is 13.3. The Bertz CT molecular complexity index is 1440. The van der Waals surface area contributed by atoms with Crippen LogP contribution < -0.4 is 20.3 Å². The van der Waals surface area contributed by atoms with Crippen molar-refractivity contribution in [1.82, 2.24) is 19.7 Å². The van der Waals surface area contributed by atoms with E-state index < -0.39 is 0 Å². The van der Waals surface area contributed by atoms with Crippen molar-refractivity contribution in [3.8, 4) is 28.9 Å². The van der Waals surface area contributed by atoms with Crippen LogP contribution in [0.2, 0.25) is 0 Å². The number of ether oxygens (including phenoxy) is 2. The molecule has 0 aliphatic heterocycles. The number of benzene rings is 1. The fourth-order valence-corrected chi connectivity index (χ4v) is 4.25. The summed E-state index contributed by atoms with van der Waals surface area (Å²) in [5.41, 5.74) is 2.15. The predicted octanol–water partition coefficient (Wildman–Crippen LogP) is 4.14. The van der Waals surface area contributed by atoms with Gasteiger partial charge in [-0.1, -0.05) is 0 Å². The molecule has 0 saturated heterocycles. The third-order valence-electron chi connectivity index (χ3n) is 5.91. The molecular weight excluding hydrogens is 462 g/mol. The Hall–Kier alpha value is -4.34. The number of nitrogens with zero attached hydrogens (tertiary/aromatic N) is 3. The number of carbonyl (C=O) groups is 1. The zero-order valence-corrected chi connectivity index (χ0v) is 20.2. The molecule has 4 aromatic rings. The van der Waals surface area contributed by atoms with E-state index in [2.05, 4.69) is 20.4 Å². The van der Waals surface area contributed by atoms with Gasteiger partial charge in [-0.05, 0) is 69.9 Å². The first-order valence-electron chi connectivity index (χ1n) is 12.0. The number of aryl methyl sites for hydroxylation is 1. The van der Waals surface area contributed by atoms with E-state index in [0.717, 1.165) is 25.0 Å². The molecule has 0 radical (unpaired) electrons. The highest BCUT2D eigenvalue weighted by Crippen LogP contribution is 2.30. The fourth-order valence-electron chi connectivity index (χ4n) is 4.25. The third-order valence-corrected chi connectivity index (χ3v) is 5.91. The van der Waals surface area contributed by atoms with Crippen LogP contribution in [0.3, 0.4) is 0 Å². The van der Waals surface area contributed by atoms with Crippen molar-refractivity contribution in [1.29, 1.82) is 0 Å². The van der Waals surface area contributed by atoms with E-state index in [-0.39, 0.29) is 17.4 Å². The first-order chi connectivity index (χ1) is 17.6. The molecule has 3 heterocycles. The van der Waals surface area contributed by atoms with Crippen molar-refractivity contribution in [2.45, 2.75) is 39.5 Å². The molecule has 0 spiro atoms. The first-order valence-corrected chi connectivity index (χ1v) is 12.0. The van der Waals surface area contributed by atoms with E-state index in [0.29, 0.717) is 59.5 Å². The van der Waals surface area contributed by atoms with Crippen molar-refractivity contribution in [3.63, 3.8) is 0 Å². The second kappa shape index (κ2) is 10.1. The lowest BCUT2D eigenvalue weighted by atomic mass is 9.97. The van der Waals surface area contributed by atoms with Gasteiger partial charge in [0.15, 0.2) is 17.3 Å². The highest BCUT2D eigenvalue weighted by Gasteiger charge is 2.21. The number of aromatic amines is 1. The number of H-pyrrole nitrogens is 1. The van der Waals surface area contributed by atoms with Gasteiger partial charge in [-0.3, -0.25) is 14.6 Å². The molecule has 0 fully saturated rings. The molecule has 3 aromatic heterocycles. The lowest BCUT2D eigenvalue weighted by Gasteiger charge is -2.15. The highest BCUT2D eigenvalue weighted by molar-refractivity contribution is 6.04. The normalized spacial score (nSPS) is 12.7. The van der Waals surface area contributed by atoms with Crippen LogP contribution in [0.25, 0.3) is 17.4 Å². The molecule has 1 aromatic carbocycles. The largest absolute Gasteiger partial charge is 0.490 e. The number of rotatable bonds is 8. The predicted molar refractivity (Wildman–Crippen MR) is 133 cm³/mol. The molecule has 2 N–H and O–H groups in total. The molecular formula is C26H27N5O5. The lowest BCUT2D eigenvalue weighted by Crippen LogP contribution is -2.24. The number of aromatic nitrogens is 4. The maximum atomic E-state index is 13.3. The minimum atomic E-state index is -0.383. The standard InChI is InChI=1S/C26H27N5O5/c1-3-34-21-12-11-16(14-22(21)35-4-2)24(32)28-23-15-19(20-10-7-13-36-20)30-31(23)26-27-18-9-6-5-8-17(18)25(33)29-26/h7,10-15H,3-6,8-9H2,1-2H3,(H,28,32)(H,27,29,33). The van der Waals surface area contributed by atoms with Crippen molar-refractivity contribution in [3.05, 3.63) is 69.8 Å². The molecule has 186 valence electrons. The summed E-state index contributed by atoms with van der Waals surface area (Å²) in [6.07, 6.45) is 4.92. The van der Waals surface area contributed by atoms with Gasteiger partial charge in [-0.15, -0.1) is 0 Å². The van der Waals surface area contributed by atoms with Crippen molar-refractivity contribution < 1.29 is 18.7 Å². The molecule has 0 unspecified atom stereocenters.